The standard InChI is InChI=1S/C14H19NO4/c1-4-9(2)12(14(17)18)15-13(16)10-7-5-6-8-11(10)19-3/h5-9,12H,4H2,1-3H3,(H,15,16)(H,17,18)/t9-,12-/m0/s1. The molecule has 2 atom stereocenters. The van der Waals surface area contributed by atoms with Crippen molar-refractivity contribution in [1.29, 1.82) is 0 Å². The van der Waals surface area contributed by atoms with E-state index in [0.717, 1.165) is 0 Å². The molecule has 1 aromatic carbocycles. The fourth-order valence-corrected chi connectivity index (χ4v) is 1.73. The van der Waals surface area contributed by atoms with Crippen LogP contribution in [0.5, 0.6) is 5.75 Å². The largest absolute Gasteiger partial charge is 0.496 e. The zero-order valence-electron chi connectivity index (χ0n) is 11.3. The first-order chi connectivity index (χ1) is 9.01. The highest BCUT2D eigenvalue weighted by atomic mass is 16.5. The molecule has 0 fully saturated rings. The third-order valence-electron chi connectivity index (χ3n) is 3.12. The van der Waals surface area contributed by atoms with E-state index in [1.54, 1.807) is 31.2 Å². The molecule has 0 unspecified atom stereocenters. The second-order valence-electron chi connectivity index (χ2n) is 4.38. The van der Waals surface area contributed by atoms with Gasteiger partial charge in [0.1, 0.15) is 11.8 Å². The van der Waals surface area contributed by atoms with Crippen LogP contribution in [0.25, 0.3) is 0 Å². The third kappa shape index (κ3) is 3.71. The first-order valence-corrected chi connectivity index (χ1v) is 6.17. The molecular formula is C14H19NO4. The molecule has 0 aliphatic carbocycles. The normalized spacial score (nSPS) is 13.4. The van der Waals surface area contributed by atoms with E-state index in [-0.39, 0.29) is 5.92 Å². The van der Waals surface area contributed by atoms with Gasteiger partial charge in [-0.15, -0.1) is 0 Å². The molecule has 1 aromatic rings. The molecule has 5 nitrogen and oxygen atoms in total. The Balaban J connectivity index is 2.91. The Labute approximate surface area is 112 Å². The number of ether oxygens (including phenoxy) is 1. The van der Waals surface area contributed by atoms with Gasteiger partial charge in [-0.2, -0.15) is 0 Å². The van der Waals surface area contributed by atoms with Gasteiger partial charge in [0.25, 0.3) is 5.91 Å². The number of hydrogen-bond acceptors (Lipinski definition) is 3. The van der Waals surface area contributed by atoms with E-state index in [4.69, 9.17) is 9.84 Å². The molecule has 5 heteroatoms. The molecule has 0 aliphatic heterocycles. The van der Waals surface area contributed by atoms with Crippen LogP contribution in [0, 0.1) is 5.92 Å². The SMILES string of the molecule is CC[C@H](C)[C@H](NC(=O)c1ccccc1OC)C(=O)O. The third-order valence-corrected chi connectivity index (χ3v) is 3.12. The number of carbonyl (C=O) groups excluding carboxylic acids is 1. The lowest BCUT2D eigenvalue weighted by Gasteiger charge is -2.20. The minimum atomic E-state index is -1.03. The maximum Gasteiger partial charge on any atom is 0.326 e. The van der Waals surface area contributed by atoms with Crippen molar-refractivity contribution in [2.24, 2.45) is 5.92 Å². The average molecular weight is 265 g/mol. The van der Waals surface area contributed by atoms with Crippen molar-refractivity contribution >= 4 is 11.9 Å². The lowest BCUT2D eigenvalue weighted by Crippen LogP contribution is -2.45. The molecule has 0 radical (unpaired) electrons. The quantitative estimate of drug-likeness (QED) is 0.824. The van der Waals surface area contributed by atoms with E-state index < -0.39 is 17.9 Å². The summed E-state index contributed by atoms with van der Waals surface area (Å²) in [6.07, 6.45) is 0.670. The summed E-state index contributed by atoms with van der Waals surface area (Å²) in [4.78, 5) is 23.3. The van der Waals surface area contributed by atoms with Crippen LogP contribution in [0.3, 0.4) is 0 Å². The van der Waals surface area contributed by atoms with Gasteiger partial charge in [0.15, 0.2) is 0 Å². The van der Waals surface area contributed by atoms with Gasteiger partial charge in [-0.1, -0.05) is 32.4 Å². The fourth-order valence-electron chi connectivity index (χ4n) is 1.73. The molecule has 19 heavy (non-hydrogen) atoms. The molecule has 1 rings (SSSR count). The summed E-state index contributed by atoms with van der Waals surface area (Å²) in [5.74, 6) is -1.19. The van der Waals surface area contributed by atoms with Crippen molar-refractivity contribution in [3.05, 3.63) is 29.8 Å². The number of amides is 1. The Kier molecular flexibility index (Phi) is 5.36. The summed E-state index contributed by atoms with van der Waals surface area (Å²) in [5, 5.41) is 11.7. The second kappa shape index (κ2) is 6.78. The molecule has 0 aromatic heterocycles. The molecule has 0 heterocycles. The van der Waals surface area contributed by atoms with E-state index in [1.165, 1.54) is 7.11 Å². The second-order valence-corrected chi connectivity index (χ2v) is 4.38. The van der Waals surface area contributed by atoms with Gasteiger partial charge >= 0.3 is 5.97 Å². The molecular weight excluding hydrogens is 246 g/mol. The maximum atomic E-state index is 12.1. The van der Waals surface area contributed by atoms with Crippen LogP contribution >= 0.6 is 0 Å². The Bertz CT molecular complexity index is 459. The minimum absolute atomic E-state index is 0.142. The van der Waals surface area contributed by atoms with Crippen LogP contribution in [-0.4, -0.2) is 30.1 Å². The van der Waals surface area contributed by atoms with Gasteiger partial charge in [-0.3, -0.25) is 4.79 Å². The van der Waals surface area contributed by atoms with E-state index in [1.807, 2.05) is 6.92 Å². The van der Waals surface area contributed by atoms with Crippen molar-refractivity contribution in [2.45, 2.75) is 26.3 Å². The van der Waals surface area contributed by atoms with Gasteiger partial charge in [0.05, 0.1) is 12.7 Å². The van der Waals surface area contributed by atoms with E-state index in [9.17, 15) is 9.59 Å². The number of benzene rings is 1. The topological polar surface area (TPSA) is 75.6 Å². The van der Waals surface area contributed by atoms with Gasteiger partial charge in [-0.25, -0.2) is 4.79 Å². The maximum absolute atomic E-state index is 12.1. The van der Waals surface area contributed by atoms with Crippen LogP contribution in [0.4, 0.5) is 0 Å². The van der Waals surface area contributed by atoms with Gasteiger partial charge in [0.2, 0.25) is 0 Å². The highest BCUT2D eigenvalue weighted by Crippen LogP contribution is 2.18. The molecule has 104 valence electrons. The summed E-state index contributed by atoms with van der Waals surface area (Å²) < 4.78 is 5.09. The smallest absolute Gasteiger partial charge is 0.326 e. The fraction of sp³-hybridized carbons (Fsp3) is 0.429. The number of carboxylic acid groups (broad SMARTS) is 1. The van der Waals surface area contributed by atoms with Crippen LogP contribution in [0.15, 0.2) is 24.3 Å². The van der Waals surface area contributed by atoms with Crippen molar-refractivity contribution in [3.8, 4) is 5.75 Å². The van der Waals surface area contributed by atoms with Crippen LogP contribution in [0.2, 0.25) is 0 Å². The number of carboxylic acids is 1. The zero-order chi connectivity index (χ0) is 14.4. The molecule has 0 saturated carbocycles. The predicted octanol–water partition coefficient (Wildman–Crippen LogP) is 1.92. The lowest BCUT2D eigenvalue weighted by atomic mass is 9.99. The van der Waals surface area contributed by atoms with Crippen molar-refractivity contribution in [1.82, 2.24) is 5.32 Å². The Morgan fingerprint density at radius 2 is 2.00 bits per heavy atom. The first-order valence-electron chi connectivity index (χ1n) is 6.17. The summed E-state index contributed by atoms with van der Waals surface area (Å²) in [6.45, 7) is 3.68. The summed E-state index contributed by atoms with van der Waals surface area (Å²) >= 11 is 0. The molecule has 0 bridgehead atoms. The molecule has 0 saturated heterocycles. The molecule has 0 spiro atoms. The monoisotopic (exact) mass is 265 g/mol. The van der Waals surface area contributed by atoms with E-state index >= 15 is 0 Å². The Morgan fingerprint density at radius 3 is 2.53 bits per heavy atom. The highest BCUT2D eigenvalue weighted by Gasteiger charge is 2.26. The van der Waals surface area contributed by atoms with E-state index in [0.29, 0.717) is 17.7 Å². The van der Waals surface area contributed by atoms with Gasteiger partial charge < -0.3 is 15.2 Å². The number of aliphatic carboxylic acids is 1. The summed E-state index contributed by atoms with van der Waals surface area (Å²) in [6, 6.07) is 5.81. The van der Waals surface area contributed by atoms with E-state index in [2.05, 4.69) is 5.32 Å². The number of hydrogen-bond donors (Lipinski definition) is 2. The summed E-state index contributed by atoms with van der Waals surface area (Å²) in [7, 11) is 1.47. The first kappa shape index (κ1) is 15.0. The molecule has 2 N–H and O–H groups in total. The predicted molar refractivity (Wildman–Crippen MR) is 71.3 cm³/mol. The summed E-state index contributed by atoms with van der Waals surface area (Å²) in [5.41, 5.74) is 0.333. The van der Waals surface area contributed by atoms with Gasteiger partial charge in [0, 0.05) is 0 Å². The number of para-hydroxylation sites is 1. The van der Waals surface area contributed by atoms with Crippen molar-refractivity contribution in [2.75, 3.05) is 7.11 Å². The minimum Gasteiger partial charge on any atom is -0.496 e. The van der Waals surface area contributed by atoms with Crippen LogP contribution in [0.1, 0.15) is 30.6 Å². The van der Waals surface area contributed by atoms with Gasteiger partial charge in [-0.05, 0) is 18.1 Å². The highest BCUT2D eigenvalue weighted by molar-refractivity contribution is 5.98. The number of rotatable bonds is 6. The zero-order valence-corrected chi connectivity index (χ0v) is 11.3. The average Bonchev–Trinajstić information content (AvgIpc) is 2.43. The number of methoxy groups -OCH3 is 1. The number of nitrogens with one attached hydrogen (secondary N) is 1. The van der Waals surface area contributed by atoms with Crippen molar-refractivity contribution in [3.63, 3.8) is 0 Å². The lowest BCUT2D eigenvalue weighted by molar-refractivity contribution is -0.140. The van der Waals surface area contributed by atoms with Crippen LogP contribution < -0.4 is 10.1 Å². The molecule has 0 aliphatic rings. The van der Waals surface area contributed by atoms with Crippen LogP contribution in [-0.2, 0) is 4.79 Å². The Hall–Kier alpha value is -2.04. The molecule has 1 amide bonds. The van der Waals surface area contributed by atoms with Crippen molar-refractivity contribution < 1.29 is 19.4 Å². The Morgan fingerprint density at radius 1 is 1.37 bits per heavy atom. The number of carbonyl (C=O) groups is 2.